The second-order valence-electron chi connectivity index (χ2n) is 4.18. The fraction of sp³-hybridized carbons (Fsp3) is 0.667. The van der Waals surface area contributed by atoms with E-state index in [0.29, 0.717) is 0 Å². The van der Waals surface area contributed by atoms with E-state index in [4.69, 9.17) is 0 Å². The third kappa shape index (κ3) is 2.60. The topological polar surface area (TPSA) is 15.3 Å². The van der Waals surface area contributed by atoms with Gasteiger partial charge >= 0.3 is 0 Å². The summed E-state index contributed by atoms with van der Waals surface area (Å²) in [5.41, 5.74) is 3.14. The molecule has 3 heteroatoms. The number of piperazine rings is 1. The van der Waals surface area contributed by atoms with Gasteiger partial charge in [-0.05, 0) is 29.9 Å². The highest BCUT2D eigenvalue weighted by molar-refractivity contribution is 7.10. The molecule has 2 nitrogen and oxygen atoms in total. The zero-order valence-corrected chi connectivity index (χ0v) is 10.5. The van der Waals surface area contributed by atoms with Gasteiger partial charge in [0.15, 0.2) is 0 Å². The lowest BCUT2D eigenvalue weighted by Gasteiger charge is -2.27. The second-order valence-corrected chi connectivity index (χ2v) is 5.26. The summed E-state index contributed by atoms with van der Waals surface area (Å²) >= 11 is 1.90. The van der Waals surface area contributed by atoms with Crippen molar-refractivity contribution in [3.05, 3.63) is 21.4 Å². The van der Waals surface area contributed by atoms with Crippen LogP contribution in [0.1, 0.15) is 22.9 Å². The van der Waals surface area contributed by atoms with Gasteiger partial charge in [-0.3, -0.25) is 4.90 Å². The van der Waals surface area contributed by atoms with E-state index in [1.807, 2.05) is 11.3 Å². The van der Waals surface area contributed by atoms with Crippen LogP contribution < -0.4 is 5.32 Å². The van der Waals surface area contributed by atoms with Crippen molar-refractivity contribution >= 4 is 11.3 Å². The molecule has 1 saturated heterocycles. The molecule has 0 unspecified atom stereocenters. The van der Waals surface area contributed by atoms with Crippen LogP contribution in [-0.4, -0.2) is 31.1 Å². The van der Waals surface area contributed by atoms with Crippen LogP contribution in [0.5, 0.6) is 0 Å². The van der Waals surface area contributed by atoms with Crippen LogP contribution in [0.3, 0.4) is 0 Å². The fourth-order valence-corrected chi connectivity index (χ4v) is 3.20. The molecule has 1 aromatic heterocycles. The molecule has 0 bridgehead atoms. The van der Waals surface area contributed by atoms with E-state index in [1.54, 1.807) is 11.1 Å². The molecule has 0 radical (unpaired) electrons. The van der Waals surface area contributed by atoms with Crippen molar-refractivity contribution in [3.63, 3.8) is 0 Å². The maximum atomic E-state index is 3.40. The van der Waals surface area contributed by atoms with Crippen LogP contribution in [0, 0.1) is 6.92 Å². The number of rotatable bonds is 3. The first kappa shape index (κ1) is 11.1. The van der Waals surface area contributed by atoms with Gasteiger partial charge in [0.25, 0.3) is 0 Å². The Morgan fingerprint density at radius 1 is 1.40 bits per heavy atom. The number of hydrogen-bond acceptors (Lipinski definition) is 3. The summed E-state index contributed by atoms with van der Waals surface area (Å²) < 4.78 is 0. The van der Waals surface area contributed by atoms with Crippen LogP contribution in [0.4, 0.5) is 0 Å². The van der Waals surface area contributed by atoms with Crippen LogP contribution in [0.25, 0.3) is 0 Å². The molecule has 1 aliphatic heterocycles. The molecule has 0 aromatic carbocycles. The number of aryl methyl sites for hydroxylation is 1. The van der Waals surface area contributed by atoms with Crippen LogP contribution in [0.15, 0.2) is 5.38 Å². The molecule has 0 saturated carbocycles. The Labute approximate surface area is 96.3 Å². The van der Waals surface area contributed by atoms with Crippen LogP contribution in [0.2, 0.25) is 0 Å². The van der Waals surface area contributed by atoms with Crippen LogP contribution >= 0.6 is 11.3 Å². The first-order valence-electron chi connectivity index (χ1n) is 5.80. The third-order valence-corrected chi connectivity index (χ3v) is 4.15. The maximum Gasteiger partial charge on any atom is 0.0245 e. The number of hydrogen-bond donors (Lipinski definition) is 1. The molecule has 1 aliphatic rings. The van der Waals surface area contributed by atoms with E-state index in [0.717, 1.165) is 19.6 Å². The molecule has 1 aromatic rings. The Bertz CT molecular complexity index is 313. The molecule has 0 spiro atoms. The standard InChI is InChI=1S/C12H20N2S/c1-3-12-10(2)15-9-11(12)8-14-6-4-13-5-7-14/h9,13H,3-8H2,1-2H3. The van der Waals surface area contributed by atoms with E-state index in [-0.39, 0.29) is 0 Å². The van der Waals surface area contributed by atoms with Gasteiger partial charge in [0, 0.05) is 37.6 Å². The van der Waals surface area contributed by atoms with Crippen molar-refractivity contribution in [2.75, 3.05) is 26.2 Å². The molecule has 1 N–H and O–H groups in total. The Hall–Kier alpha value is -0.380. The van der Waals surface area contributed by atoms with Gasteiger partial charge in [-0.1, -0.05) is 6.92 Å². The molecule has 0 amide bonds. The maximum absolute atomic E-state index is 3.40. The molecule has 1 fully saturated rings. The average molecular weight is 224 g/mol. The molecule has 84 valence electrons. The predicted octanol–water partition coefficient (Wildman–Crippen LogP) is 2.02. The molecule has 15 heavy (non-hydrogen) atoms. The summed E-state index contributed by atoms with van der Waals surface area (Å²) in [7, 11) is 0. The van der Waals surface area contributed by atoms with Crippen molar-refractivity contribution in [1.29, 1.82) is 0 Å². The second kappa shape index (κ2) is 5.10. The quantitative estimate of drug-likeness (QED) is 0.845. The lowest BCUT2D eigenvalue weighted by molar-refractivity contribution is 0.233. The van der Waals surface area contributed by atoms with Gasteiger partial charge in [-0.25, -0.2) is 0 Å². The minimum absolute atomic E-state index is 1.14. The van der Waals surface area contributed by atoms with E-state index in [2.05, 4.69) is 29.4 Å². The Morgan fingerprint density at radius 3 is 2.80 bits per heavy atom. The lowest BCUT2D eigenvalue weighted by atomic mass is 10.1. The zero-order valence-electron chi connectivity index (χ0n) is 9.68. The lowest BCUT2D eigenvalue weighted by Crippen LogP contribution is -2.42. The highest BCUT2D eigenvalue weighted by Gasteiger charge is 2.13. The van der Waals surface area contributed by atoms with Crippen molar-refractivity contribution in [2.24, 2.45) is 0 Å². The Morgan fingerprint density at radius 2 is 2.13 bits per heavy atom. The van der Waals surface area contributed by atoms with E-state index in [9.17, 15) is 0 Å². The molecule has 0 atom stereocenters. The van der Waals surface area contributed by atoms with E-state index < -0.39 is 0 Å². The third-order valence-electron chi connectivity index (χ3n) is 3.15. The average Bonchev–Trinajstić information content (AvgIpc) is 2.61. The molecule has 2 heterocycles. The van der Waals surface area contributed by atoms with E-state index in [1.165, 1.54) is 24.4 Å². The van der Waals surface area contributed by atoms with Crippen molar-refractivity contribution in [3.8, 4) is 0 Å². The monoisotopic (exact) mass is 224 g/mol. The number of thiophene rings is 1. The van der Waals surface area contributed by atoms with Gasteiger partial charge in [0.2, 0.25) is 0 Å². The molecular formula is C12H20N2S. The summed E-state index contributed by atoms with van der Waals surface area (Å²) in [5, 5.41) is 5.74. The predicted molar refractivity (Wildman–Crippen MR) is 66.6 cm³/mol. The van der Waals surface area contributed by atoms with E-state index >= 15 is 0 Å². The van der Waals surface area contributed by atoms with Crippen molar-refractivity contribution in [1.82, 2.24) is 10.2 Å². The summed E-state index contributed by atoms with van der Waals surface area (Å²) in [6.07, 6.45) is 1.18. The van der Waals surface area contributed by atoms with Crippen LogP contribution in [-0.2, 0) is 13.0 Å². The SMILES string of the molecule is CCc1c(CN2CCNCC2)csc1C. The molecular weight excluding hydrogens is 204 g/mol. The van der Waals surface area contributed by atoms with Gasteiger partial charge < -0.3 is 5.32 Å². The number of nitrogens with one attached hydrogen (secondary N) is 1. The summed E-state index contributed by atoms with van der Waals surface area (Å²) in [4.78, 5) is 4.06. The van der Waals surface area contributed by atoms with Crippen molar-refractivity contribution < 1.29 is 0 Å². The minimum Gasteiger partial charge on any atom is -0.314 e. The molecule has 0 aliphatic carbocycles. The normalized spacial score (nSPS) is 18.3. The first-order chi connectivity index (χ1) is 7.31. The Kier molecular flexibility index (Phi) is 3.78. The highest BCUT2D eigenvalue weighted by atomic mass is 32.1. The van der Waals surface area contributed by atoms with Gasteiger partial charge in [-0.2, -0.15) is 0 Å². The summed E-state index contributed by atoms with van der Waals surface area (Å²) in [6, 6.07) is 0. The minimum atomic E-state index is 1.14. The first-order valence-corrected chi connectivity index (χ1v) is 6.68. The van der Waals surface area contributed by atoms with Gasteiger partial charge in [0.05, 0.1) is 0 Å². The highest BCUT2D eigenvalue weighted by Crippen LogP contribution is 2.23. The number of nitrogens with zero attached hydrogens (tertiary/aromatic N) is 1. The largest absolute Gasteiger partial charge is 0.314 e. The smallest absolute Gasteiger partial charge is 0.0245 e. The molecule has 2 rings (SSSR count). The fourth-order valence-electron chi connectivity index (χ4n) is 2.25. The zero-order chi connectivity index (χ0) is 10.7. The van der Waals surface area contributed by atoms with Gasteiger partial charge in [-0.15, -0.1) is 11.3 Å². The van der Waals surface area contributed by atoms with Crippen molar-refractivity contribution in [2.45, 2.75) is 26.8 Å². The Balaban J connectivity index is 2.02. The summed E-state index contributed by atoms with van der Waals surface area (Å²) in [6.45, 7) is 10.3. The summed E-state index contributed by atoms with van der Waals surface area (Å²) in [5.74, 6) is 0. The van der Waals surface area contributed by atoms with Gasteiger partial charge in [0.1, 0.15) is 0 Å².